The molecule has 5 rings (SSSR count). The van der Waals surface area contributed by atoms with Crippen LogP contribution >= 0.6 is 11.3 Å². The standard InChI is InChI=1S/C23H20N4O5S/c1-2-31-22(30)27-21-15(18(26-27)24-19(28)16-9-6-12-32-16)13-17(33-21)20(29)25-23(10-11-23)14-7-4-3-5-8-14/h3-9,12-13H,2,10-11H2,1H3,(H,25,29)(H,24,26,28). The summed E-state index contributed by atoms with van der Waals surface area (Å²) >= 11 is 1.11. The molecule has 0 spiro atoms. The first-order chi connectivity index (χ1) is 16.0. The number of carbonyl (C=O) groups excluding carboxylic acids is 3. The van der Waals surface area contributed by atoms with Crippen LogP contribution in [0.15, 0.2) is 59.2 Å². The summed E-state index contributed by atoms with van der Waals surface area (Å²) in [5.41, 5.74) is 0.682. The molecule has 0 saturated heterocycles. The van der Waals surface area contributed by atoms with E-state index in [1.807, 2.05) is 30.3 Å². The molecule has 1 saturated carbocycles. The van der Waals surface area contributed by atoms with E-state index in [-0.39, 0.29) is 29.6 Å². The summed E-state index contributed by atoms with van der Waals surface area (Å²) in [6.07, 6.45) is 2.40. The van der Waals surface area contributed by atoms with E-state index in [4.69, 9.17) is 9.15 Å². The van der Waals surface area contributed by atoms with Crippen LogP contribution in [0.1, 0.15) is 45.6 Å². The van der Waals surface area contributed by atoms with Gasteiger partial charge in [-0.05, 0) is 43.5 Å². The highest BCUT2D eigenvalue weighted by atomic mass is 32.1. The number of nitrogens with zero attached hydrogens (tertiary/aromatic N) is 2. The van der Waals surface area contributed by atoms with Crippen LogP contribution in [0.3, 0.4) is 0 Å². The third-order valence-electron chi connectivity index (χ3n) is 5.43. The van der Waals surface area contributed by atoms with Crippen LogP contribution < -0.4 is 10.6 Å². The van der Waals surface area contributed by atoms with Gasteiger partial charge >= 0.3 is 6.09 Å². The molecule has 4 aromatic rings. The average Bonchev–Trinajstić information content (AvgIpc) is 3.18. The molecule has 3 aromatic heterocycles. The van der Waals surface area contributed by atoms with Gasteiger partial charge in [0.1, 0.15) is 4.83 Å². The maximum atomic E-state index is 13.1. The van der Waals surface area contributed by atoms with Crippen LogP contribution in [0.4, 0.5) is 10.6 Å². The predicted octanol–water partition coefficient (Wildman–Crippen LogP) is 4.37. The molecule has 1 aliphatic carbocycles. The Balaban J connectivity index is 1.47. The summed E-state index contributed by atoms with van der Waals surface area (Å²) in [7, 11) is 0. The molecule has 2 amide bonds. The zero-order chi connectivity index (χ0) is 23.0. The quantitative estimate of drug-likeness (QED) is 0.438. The molecule has 3 heterocycles. The van der Waals surface area contributed by atoms with Crippen molar-refractivity contribution in [2.45, 2.75) is 25.3 Å². The number of furan rings is 1. The van der Waals surface area contributed by atoms with Crippen molar-refractivity contribution in [3.05, 3.63) is 71.0 Å². The van der Waals surface area contributed by atoms with E-state index < -0.39 is 12.0 Å². The van der Waals surface area contributed by atoms with Gasteiger partial charge in [0, 0.05) is 0 Å². The molecule has 0 radical (unpaired) electrons. The van der Waals surface area contributed by atoms with E-state index in [2.05, 4.69) is 15.7 Å². The number of anilines is 1. The first-order valence-corrected chi connectivity index (χ1v) is 11.2. The molecule has 168 valence electrons. The van der Waals surface area contributed by atoms with Crippen molar-refractivity contribution in [1.29, 1.82) is 0 Å². The Bertz CT molecular complexity index is 1340. The molecule has 0 unspecified atom stereocenters. The molecular formula is C23H20N4O5S. The van der Waals surface area contributed by atoms with Gasteiger partial charge in [-0.25, -0.2) is 4.79 Å². The number of carbonyl (C=O) groups is 3. The van der Waals surface area contributed by atoms with Gasteiger partial charge in [-0.3, -0.25) is 9.59 Å². The minimum atomic E-state index is -0.697. The van der Waals surface area contributed by atoms with Crippen molar-refractivity contribution in [3.8, 4) is 0 Å². The first kappa shape index (κ1) is 21.0. The Labute approximate surface area is 192 Å². The highest BCUT2D eigenvalue weighted by Gasteiger charge is 2.45. The fourth-order valence-electron chi connectivity index (χ4n) is 3.64. The van der Waals surface area contributed by atoms with Crippen molar-refractivity contribution in [2.75, 3.05) is 11.9 Å². The number of rotatable bonds is 6. The SMILES string of the molecule is CCOC(=O)n1nc(NC(=O)c2ccco2)c2cc(C(=O)NC3(c4ccccc4)CC3)sc21. The molecule has 1 fully saturated rings. The first-order valence-electron chi connectivity index (χ1n) is 10.4. The number of thiophene rings is 1. The van der Waals surface area contributed by atoms with Gasteiger partial charge in [0.05, 0.1) is 28.7 Å². The third-order valence-corrected chi connectivity index (χ3v) is 6.54. The van der Waals surface area contributed by atoms with Crippen LogP contribution in [-0.2, 0) is 10.3 Å². The monoisotopic (exact) mass is 464 g/mol. The normalized spacial score (nSPS) is 14.1. The molecule has 2 N–H and O–H groups in total. The predicted molar refractivity (Wildman–Crippen MR) is 122 cm³/mol. The minimum absolute atomic E-state index is 0.0977. The number of benzene rings is 1. The summed E-state index contributed by atoms with van der Waals surface area (Å²) < 4.78 is 11.3. The van der Waals surface area contributed by atoms with Crippen molar-refractivity contribution < 1.29 is 23.5 Å². The molecular weight excluding hydrogens is 444 g/mol. The lowest BCUT2D eigenvalue weighted by Gasteiger charge is -2.17. The molecule has 1 aromatic carbocycles. The summed E-state index contributed by atoms with van der Waals surface area (Å²) in [5, 5.41) is 10.4. The number of fused-ring (bicyclic) bond motifs is 1. The van der Waals surface area contributed by atoms with Gasteiger partial charge in [0.25, 0.3) is 11.8 Å². The second kappa shape index (κ2) is 8.21. The molecule has 10 heteroatoms. The van der Waals surface area contributed by atoms with E-state index in [0.29, 0.717) is 15.1 Å². The zero-order valence-electron chi connectivity index (χ0n) is 17.7. The van der Waals surface area contributed by atoms with E-state index in [9.17, 15) is 14.4 Å². The minimum Gasteiger partial charge on any atom is -0.459 e. The highest BCUT2D eigenvalue weighted by molar-refractivity contribution is 7.20. The largest absolute Gasteiger partial charge is 0.459 e. The van der Waals surface area contributed by atoms with Crippen molar-refractivity contribution >= 4 is 45.3 Å². The van der Waals surface area contributed by atoms with Gasteiger partial charge < -0.3 is 19.8 Å². The van der Waals surface area contributed by atoms with Crippen LogP contribution in [0.5, 0.6) is 0 Å². The summed E-state index contributed by atoms with van der Waals surface area (Å²) in [4.78, 5) is 38.8. The van der Waals surface area contributed by atoms with Crippen LogP contribution in [0, 0.1) is 0 Å². The van der Waals surface area contributed by atoms with Gasteiger partial charge in [0.2, 0.25) is 0 Å². The molecule has 0 atom stereocenters. The summed E-state index contributed by atoms with van der Waals surface area (Å²) in [5.74, 6) is -0.538. The lowest BCUT2D eigenvalue weighted by molar-refractivity contribution is 0.0934. The maximum absolute atomic E-state index is 13.1. The van der Waals surface area contributed by atoms with E-state index in [1.54, 1.807) is 19.1 Å². The van der Waals surface area contributed by atoms with Gasteiger partial charge in [0.15, 0.2) is 11.6 Å². The molecule has 0 aliphatic heterocycles. The maximum Gasteiger partial charge on any atom is 0.436 e. The smallest absolute Gasteiger partial charge is 0.436 e. The van der Waals surface area contributed by atoms with E-state index >= 15 is 0 Å². The number of hydrogen-bond donors (Lipinski definition) is 2. The van der Waals surface area contributed by atoms with Gasteiger partial charge in [-0.15, -0.1) is 16.4 Å². The van der Waals surface area contributed by atoms with Crippen molar-refractivity contribution in [2.24, 2.45) is 0 Å². The molecule has 1 aliphatic rings. The Morgan fingerprint density at radius 1 is 1.15 bits per heavy atom. The number of hydrogen-bond acceptors (Lipinski definition) is 7. The third kappa shape index (κ3) is 3.89. The summed E-state index contributed by atoms with van der Waals surface area (Å²) in [6.45, 7) is 1.84. The number of nitrogens with one attached hydrogen (secondary N) is 2. The van der Waals surface area contributed by atoms with Crippen molar-refractivity contribution in [1.82, 2.24) is 15.1 Å². The van der Waals surface area contributed by atoms with E-state index in [1.165, 1.54) is 12.3 Å². The molecule has 33 heavy (non-hydrogen) atoms. The molecule has 9 nitrogen and oxygen atoms in total. The second-order valence-electron chi connectivity index (χ2n) is 7.62. The Kier molecular flexibility index (Phi) is 5.21. The Morgan fingerprint density at radius 2 is 1.94 bits per heavy atom. The zero-order valence-corrected chi connectivity index (χ0v) is 18.5. The van der Waals surface area contributed by atoms with E-state index in [0.717, 1.165) is 34.4 Å². The number of aromatic nitrogens is 2. The van der Waals surface area contributed by atoms with Crippen molar-refractivity contribution in [3.63, 3.8) is 0 Å². The van der Waals surface area contributed by atoms with Crippen LogP contribution in [-0.4, -0.2) is 34.3 Å². The molecule has 0 bridgehead atoms. The Morgan fingerprint density at radius 3 is 2.61 bits per heavy atom. The fourth-order valence-corrected chi connectivity index (χ4v) is 4.64. The average molecular weight is 465 g/mol. The topological polar surface area (TPSA) is 115 Å². The Hall–Kier alpha value is -3.92. The van der Waals surface area contributed by atoms with Gasteiger partial charge in [-0.1, -0.05) is 30.3 Å². The number of ether oxygens (including phenoxy) is 1. The van der Waals surface area contributed by atoms with Crippen LogP contribution in [0.2, 0.25) is 0 Å². The highest BCUT2D eigenvalue weighted by Crippen LogP contribution is 2.46. The van der Waals surface area contributed by atoms with Crippen LogP contribution in [0.25, 0.3) is 10.2 Å². The lowest BCUT2D eigenvalue weighted by atomic mass is 10.1. The lowest BCUT2D eigenvalue weighted by Crippen LogP contribution is -2.34. The fraction of sp³-hybridized carbons (Fsp3) is 0.217. The second-order valence-corrected chi connectivity index (χ2v) is 8.65. The summed E-state index contributed by atoms with van der Waals surface area (Å²) in [6, 6.07) is 14.6. The number of amides is 2. The van der Waals surface area contributed by atoms with Gasteiger partial charge in [-0.2, -0.15) is 4.68 Å².